The largest absolute Gasteiger partial charge is 0.497 e. The second kappa shape index (κ2) is 9.32. The molecule has 3 aromatic carbocycles. The molecule has 1 aliphatic rings. The van der Waals surface area contributed by atoms with Gasteiger partial charge in [0.05, 0.1) is 25.7 Å². The molecule has 1 atom stereocenters. The highest BCUT2D eigenvalue weighted by Crippen LogP contribution is 2.47. The summed E-state index contributed by atoms with van der Waals surface area (Å²) in [6.07, 6.45) is 0. The Balaban J connectivity index is 1.68. The topological polar surface area (TPSA) is 67.9 Å². The number of rotatable bonds is 6. The Hall–Kier alpha value is -3.52. The van der Waals surface area contributed by atoms with Crippen molar-refractivity contribution in [2.75, 3.05) is 30.2 Å². The van der Waals surface area contributed by atoms with Crippen molar-refractivity contribution < 1.29 is 23.5 Å². The van der Waals surface area contributed by atoms with Crippen LogP contribution in [-0.2, 0) is 4.79 Å². The van der Waals surface area contributed by atoms with Crippen molar-refractivity contribution in [3.63, 3.8) is 0 Å². The van der Waals surface area contributed by atoms with Crippen LogP contribution in [0.4, 0.5) is 15.8 Å². The minimum absolute atomic E-state index is 0.0665. The van der Waals surface area contributed by atoms with Gasteiger partial charge in [-0.2, -0.15) is 0 Å². The second-order valence-corrected chi connectivity index (χ2v) is 8.08. The number of methoxy groups -OCH3 is 2. The highest BCUT2D eigenvalue weighted by atomic mass is 32.2. The molecule has 0 aliphatic carbocycles. The number of hydrogen-bond acceptors (Lipinski definition) is 5. The molecule has 1 saturated heterocycles. The van der Waals surface area contributed by atoms with Gasteiger partial charge in [0.1, 0.15) is 22.7 Å². The number of amides is 2. The summed E-state index contributed by atoms with van der Waals surface area (Å²) in [5, 5.41) is 2.53. The van der Waals surface area contributed by atoms with Crippen molar-refractivity contribution in [2.24, 2.45) is 0 Å². The maximum Gasteiger partial charge on any atom is 0.255 e. The molecule has 0 bridgehead atoms. The van der Waals surface area contributed by atoms with E-state index in [4.69, 9.17) is 9.47 Å². The number of ether oxygens (including phenoxy) is 2. The lowest BCUT2D eigenvalue weighted by Gasteiger charge is -2.27. The van der Waals surface area contributed by atoms with Crippen LogP contribution in [0.1, 0.15) is 21.3 Å². The first kappa shape index (κ1) is 21.7. The molecule has 6 nitrogen and oxygen atoms in total. The third-order valence-corrected chi connectivity index (χ3v) is 6.29. The number of nitrogens with zero attached hydrogens (tertiary/aromatic N) is 1. The molecular weight excluding hydrogens is 431 g/mol. The molecule has 164 valence electrons. The number of para-hydroxylation sites is 1. The van der Waals surface area contributed by atoms with E-state index in [9.17, 15) is 14.0 Å². The Morgan fingerprint density at radius 3 is 2.53 bits per heavy atom. The predicted octanol–water partition coefficient (Wildman–Crippen LogP) is 4.87. The Kier molecular flexibility index (Phi) is 6.32. The highest BCUT2D eigenvalue weighted by molar-refractivity contribution is 8.00. The molecule has 1 aliphatic heterocycles. The molecule has 1 N–H and O–H groups in total. The van der Waals surface area contributed by atoms with Crippen molar-refractivity contribution in [2.45, 2.75) is 5.37 Å². The van der Waals surface area contributed by atoms with Gasteiger partial charge in [-0.25, -0.2) is 4.39 Å². The molecule has 1 heterocycles. The summed E-state index contributed by atoms with van der Waals surface area (Å²) >= 11 is 1.46. The van der Waals surface area contributed by atoms with Crippen molar-refractivity contribution in [3.8, 4) is 11.5 Å². The molecule has 1 fully saturated rings. The summed E-state index contributed by atoms with van der Waals surface area (Å²) < 4.78 is 24.0. The van der Waals surface area contributed by atoms with E-state index in [-0.39, 0.29) is 17.2 Å². The second-order valence-electron chi connectivity index (χ2n) is 7.01. The van der Waals surface area contributed by atoms with Crippen molar-refractivity contribution >= 4 is 35.0 Å². The highest BCUT2D eigenvalue weighted by Gasteiger charge is 2.37. The number of carbonyl (C=O) groups is 2. The lowest BCUT2D eigenvalue weighted by Crippen LogP contribution is -2.29. The summed E-state index contributed by atoms with van der Waals surface area (Å²) in [5.74, 6) is 0.585. The van der Waals surface area contributed by atoms with Crippen LogP contribution in [0, 0.1) is 5.82 Å². The molecule has 4 rings (SSSR count). The van der Waals surface area contributed by atoms with E-state index in [0.717, 1.165) is 5.56 Å². The van der Waals surface area contributed by atoms with Gasteiger partial charge >= 0.3 is 0 Å². The van der Waals surface area contributed by atoms with Gasteiger partial charge in [0.2, 0.25) is 5.91 Å². The monoisotopic (exact) mass is 452 g/mol. The van der Waals surface area contributed by atoms with Gasteiger partial charge in [0, 0.05) is 22.9 Å². The Morgan fingerprint density at radius 2 is 1.81 bits per heavy atom. The van der Waals surface area contributed by atoms with Crippen LogP contribution in [0.3, 0.4) is 0 Å². The van der Waals surface area contributed by atoms with E-state index < -0.39 is 5.82 Å². The lowest BCUT2D eigenvalue weighted by atomic mass is 10.1. The first-order valence-corrected chi connectivity index (χ1v) is 10.9. The number of nitrogens with one attached hydrogen (secondary N) is 1. The lowest BCUT2D eigenvalue weighted by molar-refractivity contribution is -0.115. The van der Waals surface area contributed by atoms with Gasteiger partial charge in [-0.15, -0.1) is 11.8 Å². The van der Waals surface area contributed by atoms with E-state index in [1.54, 1.807) is 36.3 Å². The van der Waals surface area contributed by atoms with Gasteiger partial charge in [0.25, 0.3) is 5.91 Å². The molecule has 0 aromatic heterocycles. The fraction of sp³-hybridized carbons (Fsp3) is 0.167. The Morgan fingerprint density at radius 1 is 1.06 bits per heavy atom. The van der Waals surface area contributed by atoms with Crippen LogP contribution >= 0.6 is 11.8 Å². The third kappa shape index (κ3) is 4.27. The van der Waals surface area contributed by atoms with Crippen LogP contribution in [0.15, 0.2) is 66.7 Å². The number of benzene rings is 3. The number of thioether (sulfide) groups is 1. The fourth-order valence-corrected chi connectivity index (χ4v) is 4.73. The van der Waals surface area contributed by atoms with Crippen LogP contribution in [0.2, 0.25) is 0 Å². The summed E-state index contributed by atoms with van der Waals surface area (Å²) in [6, 6.07) is 17.9. The van der Waals surface area contributed by atoms with Gasteiger partial charge in [-0.1, -0.05) is 18.2 Å². The summed E-state index contributed by atoms with van der Waals surface area (Å²) in [5.41, 5.74) is 2.31. The van der Waals surface area contributed by atoms with Crippen LogP contribution < -0.4 is 19.7 Å². The quantitative estimate of drug-likeness (QED) is 0.578. The normalized spacial score (nSPS) is 15.5. The molecule has 32 heavy (non-hydrogen) atoms. The molecule has 2 amide bonds. The van der Waals surface area contributed by atoms with Crippen molar-refractivity contribution in [1.82, 2.24) is 0 Å². The number of hydrogen-bond donors (Lipinski definition) is 1. The van der Waals surface area contributed by atoms with E-state index in [1.807, 2.05) is 18.2 Å². The maximum atomic E-state index is 13.2. The van der Waals surface area contributed by atoms with Gasteiger partial charge in [-0.05, 0) is 42.5 Å². The van der Waals surface area contributed by atoms with E-state index in [0.29, 0.717) is 34.2 Å². The van der Waals surface area contributed by atoms with E-state index >= 15 is 0 Å². The third-order valence-electron chi connectivity index (χ3n) is 5.10. The fourth-order valence-electron chi connectivity index (χ4n) is 3.52. The average molecular weight is 453 g/mol. The average Bonchev–Trinajstić information content (AvgIpc) is 3.20. The standard InChI is InChI=1S/C24H21FN2O4S/c1-30-17-11-12-20(21(13-17)31-2)27-22(28)14-32-24(27)18-5-3-4-6-19(18)26-23(29)15-7-9-16(25)10-8-15/h3-13,24H,14H2,1-2H3,(H,26,29). The zero-order valence-electron chi connectivity index (χ0n) is 17.5. The molecule has 1 unspecified atom stereocenters. The van der Waals surface area contributed by atoms with Crippen molar-refractivity contribution in [3.05, 3.63) is 83.7 Å². The van der Waals surface area contributed by atoms with Gasteiger partial charge in [0.15, 0.2) is 0 Å². The first-order valence-electron chi connectivity index (χ1n) is 9.83. The minimum atomic E-state index is -0.410. The minimum Gasteiger partial charge on any atom is -0.497 e. The van der Waals surface area contributed by atoms with Crippen LogP contribution in [0.5, 0.6) is 11.5 Å². The Bertz CT molecular complexity index is 1150. The molecule has 8 heteroatoms. The summed E-state index contributed by atoms with van der Waals surface area (Å²) in [6.45, 7) is 0. The molecule has 0 spiro atoms. The van der Waals surface area contributed by atoms with Crippen LogP contribution in [-0.4, -0.2) is 31.8 Å². The predicted molar refractivity (Wildman–Crippen MR) is 123 cm³/mol. The molecule has 0 radical (unpaired) electrons. The molecule has 0 saturated carbocycles. The van der Waals surface area contributed by atoms with Gasteiger partial charge in [-0.3, -0.25) is 14.5 Å². The smallest absolute Gasteiger partial charge is 0.255 e. The molecule has 3 aromatic rings. The first-order chi connectivity index (χ1) is 15.5. The SMILES string of the molecule is COc1ccc(N2C(=O)CSC2c2ccccc2NC(=O)c2ccc(F)cc2)c(OC)c1. The summed E-state index contributed by atoms with van der Waals surface area (Å²) in [4.78, 5) is 27.3. The molecular formula is C24H21FN2O4S. The number of carbonyl (C=O) groups excluding carboxylic acids is 2. The van der Waals surface area contributed by atoms with E-state index in [2.05, 4.69) is 5.32 Å². The van der Waals surface area contributed by atoms with Gasteiger partial charge < -0.3 is 14.8 Å². The summed E-state index contributed by atoms with van der Waals surface area (Å²) in [7, 11) is 3.10. The number of halogens is 1. The zero-order valence-corrected chi connectivity index (χ0v) is 18.3. The number of anilines is 2. The maximum absolute atomic E-state index is 13.2. The zero-order chi connectivity index (χ0) is 22.7. The Labute approximate surface area is 189 Å². The van der Waals surface area contributed by atoms with Crippen molar-refractivity contribution in [1.29, 1.82) is 0 Å². The van der Waals surface area contributed by atoms with Crippen LogP contribution in [0.25, 0.3) is 0 Å². The van der Waals surface area contributed by atoms with E-state index in [1.165, 1.54) is 43.1 Å².